The monoisotopic (exact) mass is 294 g/mol. The minimum Gasteiger partial charge on any atom is -0.467 e. The summed E-state index contributed by atoms with van der Waals surface area (Å²) in [5, 5.41) is 11.0. The zero-order valence-electron chi connectivity index (χ0n) is 11.4. The number of methoxy groups -OCH3 is 1. The Hall–Kier alpha value is -2.48. The van der Waals surface area contributed by atoms with Crippen LogP contribution in [0.4, 0.5) is 5.69 Å². The van der Waals surface area contributed by atoms with Gasteiger partial charge in [-0.1, -0.05) is 12.1 Å². The van der Waals surface area contributed by atoms with E-state index in [1.165, 1.54) is 30.2 Å². The summed E-state index contributed by atoms with van der Waals surface area (Å²) in [7, 11) is 1.23. The molecule has 21 heavy (non-hydrogen) atoms. The smallest absolute Gasteiger partial charge is 0.336 e. The van der Waals surface area contributed by atoms with Gasteiger partial charge in [-0.15, -0.1) is 0 Å². The molecule has 8 nitrogen and oxygen atoms in total. The number of hydrogen-bond donors (Lipinski definition) is 0. The van der Waals surface area contributed by atoms with Gasteiger partial charge in [0, 0.05) is 12.6 Å². The second kappa shape index (κ2) is 6.31. The molecule has 0 radical (unpaired) electrons. The number of ether oxygens (including phenoxy) is 2. The zero-order chi connectivity index (χ0) is 15.4. The van der Waals surface area contributed by atoms with Crippen molar-refractivity contribution in [1.82, 2.24) is 4.90 Å². The summed E-state index contributed by atoms with van der Waals surface area (Å²) in [6.07, 6.45) is -0.865. The van der Waals surface area contributed by atoms with Crippen LogP contribution in [0.1, 0.15) is 10.4 Å². The van der Waals surface area contributed by atoms with Gasteiger partial charge in [0.25, 0.3) is 11.6 Å². The first-order valence-corrected chi connectivity index (χ1v) is 6.26. The molecule has 1 aliphatic rings. The van der Waals surface area contributed by atoms with Crippen molar-refractivity contribution in [2.24, 2.45) is 0 Å². The van der Waals surface area contributed by atoms with Crippen LogP contribution in [0.25, 0.3) is 0 Å². The van der Waals surface area contributed by atoms with Gasteiger partial charge in [0.15, 0.2) is 6.10 Å². The van der Waals surface area contributed by atoms with E-state index < -0.39 is 22.9 Å². The summed E-state index contributed by atoms with van der Waals surface area (Å²) in [6.45, 7) is 0.446. The van der Waals surface area contributed by atoms with Gasteiger partial charge in [-0.2, -0.15) is 0 Å². The van der Waals surface area contributed by atoms with Gasteiger partial charge < -0.3 is 14.4 Å². The Bertz CT molecular complexity index is 574. The van der Waals surface area contributed by atoms with Crippen molar-refractivity contribution in [3.63, 3.8) is 0 Å². The third-order valence-electron chi connectivity index (χ3n) is 3.15. The van der Waals surface area contributed by atoms with Gasteiger partial charge in [-0.25, -0.2) is 4.79 Å². The van der Waals surface area contributed by atoms with Gasteiger partial charge in [0.2, 0.25) is 0 Å². The quantitative estimate of drug-likeness (QED) is 0.460. The van der Waals surface area contributed by atoms with Crippen LogP contribution >= 0.6 is 0 Å². The number of nitrogens with zero attached hydrogens (tertiary/aromatic N) is 2. The number of carbonyl (C=O) groups excluding carboxylic acids is 2. The van der Waals surface area contributed by atoms with Gasteiger partial charge in [0.1, 0.15) is 5.56 Å². The van der Waals surface area contributed by atoms with Crippen LogP contribution in [0.15, 0.2) is 24.3 Å². The number of nitro groups is 1. The first kappa shape index (κ1) is 14.9. The van der Waals surface area contributed by atoms with Gasteiger partial charge in [0.05, 0.1) is 25.2 Å². The Morgan fingerprint density at radius 2 is 2.14 bits per heavy atom. The molecule has 1 amide bonds. The molecule has 8 heteroatoms. The highest BCUT2D eigenvalue weighted by atomic mass is 16.6. The lowest BCUT2D eigenvalue weighted by Crippen LogP contribution is -2.49. The molecule has 2 rings (SSSR count). The lowest BCUT2D eigenvalue weighted by Gasteiger charge is -2.31. The van der Waals surface area contributed by atoms with Crippen molar-refractivity contribution in [3.05, 3.63) is 39.9 Å². The molecule has 0 bridgehead atoms. The van der Waals surface area contributed by atoms with Crippen molar-refractivity contribution >= 4 is 17.6 Å². The number of rotatable bonds is 3. The molecule has 0 saturated carbocycles. The molecule has 112 valence electrons. The van der Waals surface area contributed by atoms with E-state index in [2.05, 4.69) is 4.74 Å². The number of morpholine rings is 1. The van der Waals surface area contributed by atoms with Crippen molar-refractivity contribution in [2.45, 2.75) is 6.10 Å². The molecule has 1 fully saturated rings. The van der Waals surface area contributed by atoms with E-state index in [-0.39, 0.29) is 30.9 Å². The van der Waals surface area contributed by atoms with E-state index in [4.69, 9.17) is 4.74 Å². The van der Waals surface area contributed by atoms with Crippen molar-refractivity contribution in [3.8, 4) is 0 Å². The third kappa shape index (κ3) is 3.16. The van der Waals surface area contributed by atoms with Crippen LogP contribution in [0.3, 0.4) is 0 Å². The molecule has 1 unspecified atom stereocenters. The van der Waals surface area contributed by atoms with Crippen LogP contribution < -0.4 is 0 Å². The number of carbonyl (C=O) groups is 2. The fourth-order valence-corrected chi connectivity index (χ4v) is 2.09. The SMILES string of the molecule is COC(=O)C1CN(C(=O)c2ccccc2[N+](=O)[O-])CCO1. The number of esters is 1. The minimum atomic E-state index is -0.865. The predicted octanol–water partition coefficient (Wildman–Crippen LogP) is 0.609. The van der Waals surface area contributed by atoms with E-state index in [1.54, 1.807) is 6.07 Å². The molecule has 1 aromatic carbocycles. The number of nitro benzene ring substituents is 1. The van der Waals surface area contributed by atoms with Gasteiger partial charge in [-0.05, 0) is 6.07 Å². The molecular weight excluding hydrogens is 280 g/mol. The Balaban J connectivity index is 2.20. The van der Waals surface area contributed by atoms with Crippen LogP contribution in [-0.2, 0) is 14.3 Å². The highest BCUT2D eigenvalue weighted by molar-refractivity contribution is 5.98. The molecule has 0 aliphatic carbocycles. The molecule has 1 aliphatic heterocycles. The van der Waals surface area contributed by atoms with Crippen LogP contribution in [-0.4, -0.2) is 54.6 Å². The summed E-state index contributed by atoms with van der Waals surface area (Å²) in [6, 6.07) is 5.71. The molecule has 0 spiro atoms. The molecule has 1 heterocycles. The number of hydrogen-bond acceptors (Lipinski definition) is 6. The maximum absolute atomic E-state index is 12.4. The molecule has 0 N–H and O–H groups in total. The molecular formula is C13H14N2O6. The summed E-state index contributed by atoms with van der Waals surface area (Å²) >= 11 is 0. The maximum atomic E-state index is 12.4. The highest BCUT2D eigenvalue weighted by Crippen LogP contribution is 2.21. The third-order valence-corrected chi connectivity index (χ3v) is 3.15. The zero-order valence-corrected chi connectivity index (χ0v) is 11.4. The van der Waals surface area contributed by atoms with Crippen molar-refractivity contribution in [1.29, 1.82) is 0 Å². The van der Waals surface area contributed by atoms with Crippen LogP contribution in [0.2, 0.25) is 0 Å². The normalized spacial score (nSPS) is 18.1. The minimum absolute atomic E-state index is 0.00647. The maximum Gasteiger partial charge on any atom is 0.336 e. The number of amides is 1. The topological polar surface area (TPSA) is 99.0 Å². The van der Waals surface area contributed by atoms with Crippen LogP contribution in [0, 0.1) is 10.1 Å². The van der Waals surface area contributed by atoms with E-state index in [0.29, 0.717) is 0 Å². The Morgan fingerprint density at radius 3 is 2.81 bits per heavy atom. The average Bonchev–Trinajstić information content (AvgIpc) is 2.53. The second-order valence-corrected chi connectivity index (χ2v) is 4.41. The van der Waals surface area contributed by atoms with Gasteiger partial charge in [-0.3, -0.25) is 14.9 Å². The number of para-hydroxylation sites is 1. The Labute approximate surface area is 120 Å². The van der Waals surface area contributed by atoms with Gasteiger partial charge >= 0.3 is 5.97 Å². The Kier molecular flexibility index (Phi) is 4.49. The standard InChI is InChI=1S/C13H14N2O6/c1-20-13(17)11-8-14(6-7-21-11)12(16)9-4-2-3-5-10(9)15(18)19/h2-5,11H,6-8H2,1H3. The lowest BCUT2D eigenvalue weighted by molar-refractivity contribution is -0.385. The lowest BCUT2D eigenvalue weighted by atomic mass is 10.1. The summed E-state index contributed by atoms with van der Waals surface area (Å²) < 4.78 is 9.80. The average molecular weight is 294 g/mol. The largest absolute Gasteiger partial charge is 0.467 e. The van der Waals surface area contributed by atoms with E-state index in [0.717, 1.165) is 0 Å². The first-order valence-electron chi connectivity index (χ1n) is 6.26. The fraction of sp³-hybridized carbons (Fsp3) is 0.385. The molecule has 1 saturated heterocycles. The van der Waals surface area contributed by atoms with Crippen LogP contribution in [0.5, 0.6) is 0 Å². The van der Waals surface area contributed by atoms with Crippen molar-refractivity contribution < 1.29 is 24.0 Å². The van der Waals surface area contributed by atoms with E-state index in [9.17, 15) is 19.7 Å². The summed E-state index contributed by atoms with van der Waals surface area (Å²) in [4.78, 5) is 35.6. The number of benzene rings is 1. The van der Waals surface area contributed by atoms with Crippen molar-refractivity contribution in [2.75, 3.05) is 26.8 Å². The predicted molar refractivity (Wildman–Crippen MR) is 70.8 cm³/mol. The van der Waals surface area contributed by atoms with E-state index in [1.807, 2.05) is 0 Å². The fourth-order valence-electron chi connectivity index (χ4n) is 2.09. The van der Waals surface area contributed by atoms with E-state index >= 15 is 0 Å². The first-order chi connectivity index (χ1) is 10.0. The second-order valence-electron chi connectivity index (χ2n) is 4.41. The molecule has 1 aromatic rings. The highest BCUT2D eigenvalue weighted by Gasteiger charge is 2.32. The molecule has 1 atom stereocenters. The molecule has 0 aromatic heterocycles. The summed E-state index contributed by atoms with van der Waals surface area (Å²) in [5.74, 6) is -1.07. The summed E-state index contributed by atoms with van der Waals surface area (Å²) in [5.41, 5.74) is -0.267. The Morgan fingerprint density at radius 1 is 1.43 bits per heavy atom.